The first kappa shape index (κ1) is 16.1. The molecule has 1 aromatic rings. The average molecular weight is 345 g/mol. The molecule has 0 saturated carbocycles. The number of carbonyl (C=O) groups is 2. The maximum absolute atomic E-state index is 12.7. The number of likely N-dealkylation sites (tertiary alicyclic amines) is 1. The van der Waals surface area contributed by atoms with Crippen LogP contribution in [0.3, 0.4) is 0 Å². The number of ether oxygens (including phenoxy) is 2. The van der Waals surface area contributed by atoms with Crippen LogP contribution in [-0.2, 0) is 4.79 Å². The second-order valence-corrected chi connectivity index (χ2v) is 6.98. The molecule has 1 atom stereocenters. The molecule has 1 aromatic carbocycles. The Morgan fingerprint density at radius 1 is 1.20 bits per heavy atom. The van der Waals surface area contributed by atoms with Crippen LogP contribution in [0, 0.1) is 5.92 Å². The number of urea groups is 1. The normalized spacial score (nSPS) is 22.7. The predicted molar refractivity (Wildman–Crippen MR) is 91.9 cm³/mol. The summed E-state index contributed by atoms with van der Waals surface area (Å²) in [6.07, 6.45) is 2.22. The standard InChI is InChI=1S/C18H23N3O4/c1-13-3-2-6-19(10-13)17(22)11-20-7-8-21(18(20)23)14-4-5-15-16(9-14)25-12-24-15/h4-5,9,13H,2-3,6-8,10-12H2,1H3. The van der Waals surface area contributed by atoms with E-state index >= 15 is 0 Å². The summed E-state index contributed by atoms with van der Waals surface area (Å²) in [5.74, 6) is 1.94. The average Bonchev–Trinajstić information content (AvgIpc) is 3.21. The fourth-order valence-electron chi connectivity index (χ4n) is 3.70. The third kappa shape index (κ3) is 3.10. The molecule has 1 unspecified atom stereocenters. The van der Waals surface area contributed by atoms with E-state index in [9.17, 15) is 9.59 Å². The van der Waals surface area contributed by atoms with Gasteiger partial charge in [0.25, 0.3) is 0 Å². The van der Waals surface area contributed by atoms with E-state index in [0.29, 0.717) is 30.5 Å². The molecule has 7 nitrogen and oxygen atoms in total. The molecular formula is C18H23N3O4. The lowest BCUT2D eigenvalue weighted by Gasteiger charge is -2.32. The van der Waals surface area contributed by atoms with Crippen LogP contribution in [0.2, 0.25) is 0 Å². The molecule has 7 heteroatoms. The molecule has 0 N–H and O–H groups in total. The van der Waals surface area contributed by atoms with Crippen molar-refractivity contribution < 1.29 is 19.1 Å². The lowest BCUT2D eigenvalue weighted by Crippen LogP contribution is -2.45. The van der Waals surface area contributed by atoms with Crippen molar-refractivity contribution in [3.63, 3.8) is 0 Å². The van der Waals surface area contributed by atoms with Crippen molar-refractivity contribution in [2.24, 2.45) is 5.92 Å². The Morgan fingerprint density at radius 2 is 2.04 bits per heavy atom. The van der Waals surface area contributed by atoms with Gasteiger partial charge < -0.3 is 19.3 Å². The summed E-state index contributed by atoms with van der Waals surface area (Å²) in [7, 11) is 0. The summed E-state index contributed by atoms with van der Waals surface area (Å²) in [5, 5.41) is 0. The van der Waals surface area contributed by atoms with Crippen LogP contribution in [0.15, 0.2) is 18.2 Å². The van der Waals surface area contributed by atoms with Gasteiger partial charge in [-0.25, -0.2) is 4.79 Å². The van der Waals surface area contributed by atoms with E-state index in [4.69, 9.17) is 9.47 Å². The van der Waals surface area contributed by atoms with E-state index < -0.39 is 0 Å². The van der Waals surface area contributed by atoms with Gasteiger partial charge in [-0.2, -0.15) is 0 Å². The van der Waals surface area contributed by atoms with Gasteiger partial charge in [-0.15, -0.1) is 0 Å². The monoisotopic (exact) mass is 345 g/mol. The molecule has 3 heterocycles. The molecule has 134 valence electrons. The number of amides is 3. The summed E-state index contributed by atoms with van der Waals surface area (Å²) < 4.78 is 10.7. The molecule has 0 bridgehead atoms. The minimum atomic E-state index is -0.128. The van der Waals surface area contributed by atoms with Crippen LogP contribution in [0.1, 0.15) is 19.8 Å². The van der Waals surface area contributed by atoms with Gasteiger partial charge in [0.1, 0.15) is 6.54 Å². The Kier molecular flexibility index (Phi) is 4.15. The minimum absolute atomic E-state index is 0.0486. The lowest BCUT2D eigenvalue weighted by molar-refractivity contribution is -0.133. The number of piperidine rings is 1. The fraction of sp³-hybridized carbons (Fsp3) is 0.556. The largest absolute Gasteiger partial charge is 0.454 e. The Labute approximate surface area is 147 Å². The van der Waals surface area contributed by atoms with Crippen LogP contribution in [0.25, 0.3) is 0 Å². The summed E-state index contributed by atoms with van der Waals surface area (Å²) in [4.78, 5) is 30.4. The fourth-order valence-corrected chi connectivity index (χ4v) is 3.70. The Morgan fingerprint density at radius 3 is 2.88 bits per heavy atom. The number of nitrogens with zero attached hydrogens (tertiary/aromatic N) is 3. The zero-order valence-corrected chi connectivity index (χ0v) is 14.4. The maximum Gasteiger partial charge on any atom is 0.325 e. The zero-order valence-electron chi connectivity index (χ0n) is 14.4. The zero-order chi connectivity index (χ0) is 17.4. The molecule has 25 heavy (non-hydrogen) atoms. The summed E-state index contributed by atoms with van der Waals surface area (Å²) >= 11 is 0. The molecule has 4 rings (SSSR count). The van der Waals surface area contributed by atoms with Crippen molar-refractivity contribution >= 4 is 17.6 Å². The molecule has 2 saturated heterocycles. The minimum Gasteiger partial charge on any atom is -0.454 e. The van der Waals surface area contributed by atoms with E-state index in [0.717, 1.165) is 25.2 Å². The Balaban J connectivity index is 1.40. The molecule has 0 aromatic heterocycles. The summed E-state index contributed by atoms with van der Waals surface area (Å²) in [5.41, 5.74) is 0.774. The topological polar surface area (TPSA) is 62.3 Å². The van der Waals surface area contributed by atoms with Gasteiger partial charge >= 0.3 is 6.03 Å². The Bertz CT molecular complexity index is 693. The first-order valence-electron chi connectivity index (χ1n) is 8.85. The van der Waals surface area contributed by atoms with Gasteiger partial charge in [-0.3, -0.25) is 9.69 Å². The van der Waals surface area contributed by atoms with Gasteiger partial charge in [-0.05, 0) is 30.9 Å². The number of fused-ring (bicyclic) bond motifs is 1. The second kappa shape index (κ2) is 6.46. The van der Waals surface area contributed by atoms with Crippen LogP contribution in [-0.4, -0.2) is 61.3 Å². The van der Waals surface area contributed by atoms with Crippen LogP contribution >= 0.6 is 0 Å². The first-order valence-corrected chi connectivity index (χ1v) is 8.85. The number of hydrogen-bond acceptors (Lipinski definition) is 4. The first-order chi connectivity index (χ1) is 12.1. The SMILES string of the molecule is CC1CCCN(C(=O)CN2CCN(c3ccc4c(c3)OCO4)C2=O)C1. The van der Waals surface area contributed by atoms with Crippen molar-refractivity contribution in [3.05, 3.63) is 18.2 Å². The van der Waals surface area contributed by atoms with Crippen LogP contribution in [0.4, 0.5) is 10.5 Å². The number of benzene rings is 1. The molecule has 0 aliphatic carbocycles. The highest BCUT2D eigenvalue weighted by atomic mass is 16.7. The maximum atomic E-state index is 12.7. The van der Waals surface area contributed by atoms with E-state index in [1.165, 1.54) is 6.42 Å². The number of anilines is 1. The number of carbonyl (C=O) groups excluding carboxylic acids is 2. The highest BCUT2D eigenvalue weighted by Gasteiger charge is 2.33. The summed E-state index contributed by atoms with van der Waals surface area (Å²) in [6, 6.07) is 5.35. The van der Waals surface area contributed by atoms with Crippen molar-refractivity contribution in [2.75, 3.05) is 44.4 Å². The summed E-state index contributed by atoms with van der Waals surface area (Å²) in [6.45, 7) is 5.27. The van der Waals surface area contributed by atoms with Crippen molar-refractivity contribution in [2.45, 2.75) is 19.8 Å². The van der Waals surface area contributed by atoms with Crippen molar-refractivity contribution in [3.8, 4) is 11.5 Å². The Hall–Kier alpha value is -2.44. The molecular weight excluding hydrogens is 322 g/mol. The molecule has 0 spiro atoms. The highest BCUT2D eigenvalue weighted by Crippen LogP contribution is 2.36. The van der Waals surface area contributed by atoms with Gasteiger partial charge in [0.2, 0.25) is 12.7 Å². The van der Waals surface area contributed by atoms with Gasteiger partial charge in [-0.1, -0.05) is 6.92 Å². The second-order valence-electron chi connectivity index (χ2n) is 6.98. The third-order valence-electron chi connectivity index (χ3n) is 5.10. The van der Waals surface area contributed by atoms with Gasteiger partial charge in [0, 0.05) is 37.9 Å². The molecule has 0 radical (unpaired) electrons. The van der Waals surface area contributed by atoms with Gasteiger partial charge in [0.05, 0.1) is 0 Å². The van der Waals surface area contributed by atoms with E-state index in [-0.39, 0.29) is 25.3 Å². The lowest BCUT2D eigenvalue weighted by atomic mass is 10.0. The van der Waals surface area contributed by atoms with Crippen LogP contribution in [0.5, 0.6) is 11.5 Å². The third-order valence-corrected chi connectivity index (χ3v) is 5.10. The predicted octanol–water partition coefficient (Wildman–Crippen LogP) is 1.92. The molecule has 3 amide bonds. The van der Waals surface area contributed by atoms with Crippen molar-refractivity contribution in [1.82, 2.24) is 9.80 Å². The van der Waals surface area contributed by atoms with Crippen molar-refractivity contribution in [1.29, 1.82) is 0 Å². The van der Waals surface area contributed by atoms with Gasteiger partial charge in [0.15, 0.2) is 11.5 Å². The number of hydrogen-bond donors (Lipinski definition) is 0. The number of rotatable bonds is 3. The van der Waals surface area contributed by atoms with Crippen LogP contribution < -0.4 is 14.4 Å². The van der Waals surface area contributed by atoms with E-state index in [2.05, 4.69) is 6.92 Å². The molecule has 3 aliphatic heterocycles. The quantitative estimate of drug-likeness (QED) is 0.840. The molecule has 3 aliphatic rings. The smallest absolute Gasteiger partial charge is 0.325 e. The van der Waals surface area contributed by atoms with E-state index in [1.807, 2.05) is 23.1 Å². The van der Waals surface area contributed by atoms with E-state index in [1.54, 1.807) is 9.80 Å². The molecule has 2 fully saturated rings. The highest BCUT2D eigenvalue weighted by molar-refractivity contribution is 5.96.